The maximum Gasteiger partial charge on any atom is 0.251 e. The van der Waals surface area contributed by atoms with Gasteiger partial charge >= 0.3 is 0 Å². The van der Waals surface area contributed by atoms with E-state index in [-0.39, 0.29) is 34.4 Å². The van der Waals surface area contributed by atoms with Crippen LogP contribution in [0.15, 0.2) is 23.1 Å². The van der Waals surface area contributed by atoms with E-state index in [9.17, 15) is 18.0 Å². The molecule has 0 atom stereocenters. The third-order valence-electron chi connectivity index (χ3n) is 4.26. The number of hydrogen-bond acceptors (Lipinski definition) is 4. The highest BCUT2D eigenvalue weighted by Gasteiger charge is 2.25. The van der Waals surface area contributed by atoms with Crippen LogP contribution in [0.3, 0.4) is 0 Å². The fourth-order valence-electron chi connectivity index (χ4n) is 3.00. The van der Waals surface area contributed by atoms with E-state index < -0.39 is 21.5 Å². The van der Waals surface area contributed by atoms with Crippen molar-refractivity contribution in [1.29, 1.82) is 0 Å². The summed E-state index contributed by atoms with van der Waals surface area (Å²) in [7, 11) is -3.88. The van der Waals surface area contributed by atoms with E-state index in [4.69, 9.17) is 11.6 Å². The number of piperidine rings is 1. The predicted molar refractivity (Wildman–Crippen MR) is 109 cm³/mol. The van der Waals surface area contributed by atoms with Crippen LogP contribution in [0.4, 0.5) is 0 Å². The Kier molecular flexibility index (Phi) is 7.47. The first-order chi connectivity index (χ1) is 13.0. The summed E-state index contributed by atoms with van der Waals surface area (Å²) in [5, 5.41) is 2.71. The van der Waals surface area contributed by atoms with Gasteiger partial charge in [0.1, 0.15) is 4.90 Å². The number of hydrogen-bond donors (Lipinski definition) is 2. The molecule has 9 heteroatoms. The largest absolute Gasteiger partial charge is 0.352 e. The Morgan fingerprint density at radius 1 is 1.14 bits per heavy atom. The molecule has 156 valence electrons. The SMILES string of the molecule is CC(C)(C)NS(=O)(=O)c1cc(C(=O)NCCC(=O)N2CCCCC2)ccc1Cl. The molecule has 2 rings (SSSR count). The van der Waals surface area contributed by atoms with Crippen molar-refractivity contribution in [1.82, 2.24) is 14.9 Å². The van der Waals surface area contributed by atoms with Crippen LogP contribution in [-0.4, -0.2) is 50.3 Å². The quantitative estimate of drug-likeness (QED) is 0.726. The van der Waals surface area contributed by atoms with Gasteiger partial charge in [-0.15, -0.1) is 0 Å². The molecule has 1 aliphatic rings. The highest BCUT2D eigenvalue weighted by molar-refractivity contribution is 7.89. The van der Waals surface area contributed by atoms with E-state index in [0.29, 0.717) is 0 Å². The summed E-state index contributed by atoms with van der Waals surface area (Å²) in [6.07, 6.45) is 3.40. The van der Waals surface area contributed by atoms with Crippen molar-refractivity contribution in [3.05, 3.63) is 28.8 Å². The Bertz CT molecular complexity index is 828. The van der Waals surface area contributed by atoms with E-state index in [0.717, 1.165) is 32.4 Å². The molecule has 1 aliphatic heterocycles. The molecule has 0 aliphatic carbocycles. The Hall–Kier alpha value is -1.64. The van der Waals surface area contributed by atoms with Crippen molar-refractivity contribution in [2.75, 3.05) is 19.6 Å². The number of rotatable bonds is 6. The second kappa shape index (κ2) is 9.24. The molecular weight excluding hydrogens is 402 g/mol. The lowest BCUT2D eigenvalue weighted by atomic mass is 10.1. The second-order valence-electron chi connectivity index (χ2n) is 7.95. The fourth-order valence-corrected chi connectivity index (χ4v) is 4.94. The van der Waals surface area contributed by atoms with Crippen molar-refractivity contribution in [3.8, 4) is 0 Å². The van der Waals surface area contributed by atoms with Gasteiger partial charge in [0.05, 0.1) is 5.02 Å². The normalized spacial score (nSPS) is 15.4. The number of halogens is 1. The minimum Gasteiger partial charge on any atom is -0.352 e. The third-order valence-corrected chi connectivity index (χ3v) is 6.50. The zero-order valence-corrected chi connectivity index (χ0v) is 18.1. The summed E-state index contributed by atoms with van der Waals surface area (Å²) >= 11 is 6.05. The highest BCUT2D eigenvalue weighted by Crippen LogP contribution is 2.24. The van der Waals surface area contributed by atoms with Crippen LogP contribution in [0.5, 0.6) is 0 Å². The summed E-state index contributed by atoms with van der Waals surface area (Å²) in [4.78, 5) is 26.2. The van der Waals surface area contributed by atoms with Gasteiger partial charge in [0.2, 0.25) is 15.9 Å². The van der Waals surface area contributed by atoms with Gasteiger partial charge in [-0.1, -0.05) is 11.6 Å². The van der Waals surface area contributed by atoms with Crippen LogP contribution in [0.1, 0.15) is 56.8 Å². The molecule has 7 nitrogen and oxygen atoms in total. The van der Waals surface area contributed by atoms with Crippen molar-refractivity contribution < 1.29 is 18.0 Å². The topological polar surface area (TPSA) is 95.6 Å². The lowest BCUT2D eigenvalue weighted by Gasteiger charge is -2.26. The molecule has 0 bridgehead atoms. The Morgan fingerprint density at radius 2 is 1.79 bits per heavy atom. The summed E-state index contributed by atoms with van der Waals surface area (Å²) in [5.41, 5.74) is -0.515. The average Bonchev–Trinajstić information content (AvgIpc) is 2.60. The standard InChI is InChI=1S/C19H28ClN3O4S/c1-19(2,3)22-28(26,27)16-13-14(7-8-15(16)20)18(25)21-10-9-17(24)23-11-5-4-6-12-23/h7-8,13,22H,4-6,9-12H2,1-3H3,(H,21,25). The molecule has 1 fully saturated rings. The molecule has 1 heterocycles. The molecule has 2 amide bonds. The van der Waals surface area contributed by atoms with Crippen molar-refractivity contribution in [3.63, 3.8) is 0 Å². The number of carbonyl (C=O) groups is 2. The molecule has 0 aromatic heterocycles. The molecule has 1 saturated heterocycles. The molecule has 0 radical (unpaired) electrons. The zero-order chi connectivity index (χ0) is 20.9. The summed E-state index contributed by atoms with van der Waals surface area (Å²) in [6.45, 7) is 6.88. The third kappa shape index (κ3) is 6.46. The molecule has 1 aromatic carbocycles. The molecular formula is C19H28ClN3O4S. The highest BCUT2D eigenvalue weighted by atomic mass is 35.5. The Morgan fingerprint density at radius 3 is 2.39 bits per heavy atom. The van der Waals surface area contributed by atoms with Gasteiger partial charge in [0.25, 0.3) is 5.91 Å². The molecule has 1 aromatic rings. The van der Waals surface area contributed by atoms with E-state index in [1.165, 1.54) is 18.2 Å². The fraction of sp³-hybridized carbons (Fsp3) is 0.579. The van der Waals surface area contributed by atoms with E-state index in [1.54, 1.807) is 20.8 Å². The van der Waals surface area contributed by atoms with Gasteiger partial charge in [-0.3, -0.25) is 9.59 Å². The van der Waals surface area contributed by atoms with Gasteiger partial charge in [-0.25, -0.2) is 13.1 Å². The van der Waals surface area contributed by atoms with Crippen LogP contribution in [0.25, 0.3) is 0 Å². The van der Waals surface area contributed by atoms with Crippen molar-refractivity contribution in [2.45, 2.75) is 56.9 Å². The monoisotopic (exact) mass is 429 g/mol. The van der Waals surface area contributed by atoms with Crippen molar-refractivity contribution >= 4 is 33.4 Å². The van der Waals surface area contributed by atoms with Crippen LogP contribution >= 0.6 is 11.6 Å². The van der Waals surface area contributed by atoms with Gasteiger partial charge < -0.3 is 10.2 Å². The molecule has 0 saturated carbocycles. The Balaban J connectivity index is 2.01. The number of amides is 2. The predicted octanol–water partition coefficient (Wildman–Crippen LogP) is 2.55. The van der Waals surface area contributed by atoms with Gasteiger partial charge in [0.15, 0.2) is 0 Å². The number of carbonyl (C=O) groups excluding carboxylic acids is 2. The summed E-state index contributed by atoms with van der Waals surface area (Å²) < 4.78 is 27.6. The van der Waals surface area contributed by atoms with Crippen LogP contribution in [0.2, 0.25) is 5.02 Å². The van der Waals surface area contributed by atoms with Gasteiger partial charge in [-0.05, 0) is 58.2 Å². The minimum atomic E-state index is -3.88. The summed E-state index contributed by atoms with van der Waals surface area (Å²) in [5.74, 6) is -0.427. The first-order valence-electron chi connectivity index (χ1n) is 9.39. The molecule has 0 spiro atoms. The number of likely N-dealkylation sites (tertiary alicyclic amines) is 1. The van der Waals surface area contributed by atoms with E-state index >= 15 is 0 Å². The number of benzene rings is 1. The number of sulfonamides is 1. The number of nitrogens with one attached hydrogen (secondary N) is 2. The van der Waals surface area contributed by atoms with E-state index in [1.807, 2.05) is 4.90 Å². The van der Waals surface area contributed by atoms with Gasteiger partial charge in [-0.2, -0.15) is 0 Å². The molecule has 28 heavy (non-hydrogen) atoms. The second-order valence-corrected chi connectivity index (χ2v) is 10.0. The first-order valence-corrected chi connectivity index (χ1v) is 11.3. The average molecular weight is 430 g/mol. The van der Waals surface area contributed by atoms with Crippen LogP contribution in [0, 0.1) is 0 Å². The molecule has 0 unspecified atom stereocenters. The summed E-state index contributed by atoms with van der Waals surface area (Å²) in [6, 6.07) is 4.09. The van der Waals surface area contributed by atoms with Crippen LogP contribution < -0.4 is 10.0 Å². The van der Waals surface area contributed by atoms with Crippen molar-refractivity contribution in [2.24, 2.45) is 0 Å². The van der Waals surface area contributed by atoms with E-state index in [2.05, 4.69) is 10.0 Å². The first kappa shape index (κ1) is 22.6. The maximum atomic E-state index is 12.5. The molecule has 2 N–H and O–H groups in total. The lowest BCUT2D eigenvalue weighted by Crippen LogP contribution is -2.40. The minimum absolute atomic E-state index is 0.0220. The Labute approximate surface area is 171 Å². The maximum absolute atomic E-state index is 12.5. The lowest BCUT2D eigenvalue weighted by molar-refractivity contribution is -0.131. The zero-order valence-electron chi connectivity index (χ0n) is 16.5. The van der Waals surface area contributed by atoms with Crippen LogP contribution in [-0.2, 0) is 14.8 Å². The number of nitrogens with zero attached hydrogens (tertiary/aromatic N) is 1. The van der Waals surface area contributed by atoms with Gasteiger partial charge in [0, 0.05) is 37.2 Å². The smallest absolute Gasteiger partial charge is 0.251 e.